The molecule has 1 nitrogen and oxygen atoms in total. The summed E-state index contributed by atoms with van der Waals surface area (Å²) in [7, 11) is 0. The van der Waals surface area contributed by atoms with Crippen LogP contribution in [0.4, 0.5) is 0 Å². The molecule has 21 heavy (non-hydrogen) atoms. The van der Waals surface area contributed by atoms with E-state index in [1.807, 2.05) is 18.2 Å². The van der Waals surface area contributed by atoms with Crippen LogP contribution in [-0.4, -0.2) is 6.54 Å². The number of nitrogens with one attached hydrogen (secondary N) is 1. The van der Waals surface area contributed by atoms with Crippen LogP contribution in [0.15, 0.2) is 47.4 Å². The third-order valence-electron chi connectivity index (χ3n) is 3.32. The summed E-state index contributed by atoms with van der Waals surface area (Å²) in [6.07, 6.45) is 0. The van der Waals surface area contributed by atoms with E-state index in [2.05, 4.69) is 43.4 Å². The first-order valence-corrected chi connectivity index (χ1v) is 8.75. The summed E-state index contributed by atoms with van der Waals surface area (Å²) in [5.41, 5.74) is 2.38. The lowest BCUT2D eigenvalue weighted by Gasteiger charge is -2.13. The van der Waals surface area contributed by atoms with Gasteiger partial charge in [-0.15, -0.1) is 11.8 Å². The molecule has 0 saturated carbocycles. The standard InChI is InChI=1S/C17H19Cl2NS/c1-3-20-12(2)13-7-9-15(10-8-13)21-11-14-5-4-6-16(18)17(14)19/h4-10,12,20H,3,11H2,1-2H3. The molecule has 0 fully saturated rings. The van der Waals surface area contributed by atoms with Crippen LogP contribution in [0.5, 0.6) is 0 Å². The molecule has 0 aliphatic rings. The summed E-state index contributed by atoms with van der Waals surface area (Å²) < 4.78 is 0. The molecular weight excluding hydrogens is 321 g/mol. The minimum Gasteiger partial charge on any atom is -0.310 e. The number of rotatable bonds is 6. The highest BCUT2D eigenvalue weighted by molar-refractivity contribution is 7.98. The summed E-state index contributed by atoms with van der Waals surface area (Å²) >= 11 is 14.0. The first-order valence-electron chi connectivity index (χ1n) is 7.01. The SMILES string of the molecule is CCNC(C)c1ccc(SCc2cccc(Cl)c2Cl)cc1. The Kier molecular flexibility index (Phi) is 6.43. The molecule has 2 rings (SSSR count). The van der Waals surface area contributed by atoms with Crippen LogP contribution in [0.25, 0.3) is 0 Å². The molecule has 0 bridgehead atoms. The minimum absolute atomic E-state index is 0.386. The predicted molar refractivity (Wildman–Crippen MR) is 94.6 cm³/mol. The highest BCUT2D eigenvalue weighted by Gasteiger charge is 2.06. The molecule has 1 unspecified atom stereocenters. The molecular formula is C17H19Cl2NS. The van der Waals surface area contributed by atoms with Crippen LogP contribution in [0.3, 0.4) is 0 Å². The van der Waals surface area contributed by atoms with Gasteiger partial charge in [0.2, 0.25) is 0 Å². The summed E-state index contributed by atoms with van der Waals surface area (Å²) in [6.45, 7) is 5.28. The van der Waals surface area contributed by atoms with Gasteiger partial charge < -0.3 is 5.32 Å². The highest BCUT2D eigenvalue weighted by Crippen LogP contribution is 2.31. The van der Waals surface area contributed by atoms with Crippen LogP contribution in [0, 0.1) is 0 Å². The maximum atomic E-state index is 6.21. The molecule has 0 aliphatic carbocycles. The fourth-order valence-corrected chi connectivity index (χ4v) is 3.46. The maximum absolute atomic E-state index is 6.21. The number of hydrogen-bond donors (Lipinski definition) is 1. The van der Waals surface area contributed by atoms with Crippen molar-refractivity contribution in [3.8, 4) is 0 Å². The van der Waals surface area contributed by atoms with Gasteiger partial charge in [-0.25, -0.2) is 0 Å². The highest BCUT2D eigenvalue weighted by atomic mass is 35.5. The van der Waals surface area contributed by atoms with Gasteiger partial charge in [0.25, 0.3) is 0 Å². The van der Waals surface area contributed by atoms with Gasteiger partial charge in [-0.3, -0.25) is 0 Å². The Morgan fingerprint density at radius 1 is 1.10 bits per heavy atom. The molecule has 4 heteroatoms. The van der Waals surface area contributed by atoms with Crippen molar-refractivity contribution in [2.45, 2.75) is 30.5 Å². The summed E-state index contributed by atoms with van der Waals surface area (Å²) in [5.74, 6) is 0.821. The molecule has 2 aromatic rings. The van der Waals surface area contributed by atoms with E-state index in [-0.39, 0.29) is 0 Å². The van der Waals surface area contributed by atoms with E-state index in [4.69, 9.17) is 23.2 Å². The molecule has 0 aromatic heterocycles. The van der Waals surface area contributed by atoms with Gasteiger partial charge in [-0.1, -0.05) is 54.4 Å². The van der Waals surface area contributed by atoms with Crippen LogP contribution in [0.2, 0.25) is 10.0 Å². The molecule has 1 atom stereocenters. The number of halogens is 2. The maximum Gasteiger partial charge on any atom is 0.0632 e. The van der Waals surface area contributed by atoms with Crippen molar-refractivity contribution in [2.24, 2.45) is 0 Å². The van der Waals surface area contributed by atoms with Crippen molar-refractivity contribution in [1.29, 1.82) is 0 Å². The van der Waals surface area contributed by atoms with Gasteiger partial charge in [0.15, 0.2) is 0 Å². The lowest BCUT2D eigenvalue weighted by atomic mass is 10.1. The Morgan fingerprint density at radius 2 is 1.81 bits per heavy atom. The van der Waals surface area contributed by atoms with Gasteiger partial charge in [0, 0.05) is 16.7 Å². The molecule has 1 N–H and O–H groups in total. The van der Waals surface area contributed by atoms with Crippen LogP contribution < -0.4 is 5.32 Å². The van der Waals surface area contributed by atoms with E-state index in [0.717, 1.165) is 17.9 Å². The Hall–Kier alpha value is -0.670. The van der Waals surface area contributed by atoms with E-state index < -0.39 is 0 Å². The summed E-state index contributed by atoms with van der Waals surface area (Å²) in [4.78, 5) is 1.23. The second-order valence-electron chi connectivity index (χ2n) is 4.85. The van der Waals surface area contributed by atoms with E-state index in [9.17, 15) is 0 Å². The minimum atomic E-state index is 0.386. The number of thioether (sulfide) groups is 1. The first kappa shape index (κ1) is 16.7. The molecule has 0 saturated heterocycles. The fourth-order valence-electron chi connectivity index (χ4n) is 2.10. The summed E-state index contributed by atoms with van der Waals surface area (Å²) in [6, 6.07) is 14.8. The van der Waals surface area contributed by atoms with E-state index >= 15 is 0 Å². The topological polar surface area (TPSA) is 12.0 Å². The zero-order valence-electron chi connectivity index (χ0n) is 12.2. The second-order valence-corrected chi connectivity index (χ2v) is 6.68. The Balaban J connectivity index is 1.99. The number of hydrogen-bond acceptors (Lipinski definition) is 2. The van der Waals surface area contributed by atoms with Crippen LogP contribution in [-0.2, 0) is 5.75 Å². The van der Waals surface area contributed by atoms with Crippen molar-refractivity contribution in [3.05, 3.63) is 63.6 Å². The van der Waals surface area contributed by atoms with Gasteiger partial charge in [0.1, 0.15) is 0 Å². The molecule has 2 aromatic carbocycles. The van der Waals surface area contributed by atoms with E-state index in [1.54, 1.807) is 11.8 Å². The third kappa shape index (κ3) is 4.65. The number of benzene rings is 2. The fraction of sp³-hybridized carbons (Fsp3) is 0.294. The van der Waals surface area contributed by atoms with Crippen LogP contribution >= 0.6 is 35.0 Å². The molecule has 0 amide bonds. The molecule has 0 aliphatic heterocycles. The zero-order chi connectivity index (χ0) is 15.2. The Labute approximate surface area is 141 Å². The van der Waals surface area contributed by atoms with E-state index in [1.165, 1.54) is 10.5 Å². The first-order chi connectivity index (χ1) is 10.1. The smallest absolute Gasteiger partial charge is 0.0632 e. The van der Waals surface area contributed by atoms with Crippen LogP contribution in [0.1, 0.15) is 31.0 Å². The molecule has 0 radical (unpaired) electrons. The Bertz CT molecular complexity index is 584. The van der Waals surface area contributed by atoms with Crippen molar-refractivity contribution in [2.75, 3.05) is 6.54 Å². The second kappa shape index (κ2) is 8.09. The molecule has 0 heterocycles. The van der Waals surface area contributed by atoms with Crippen molar-refractivity contribution < 1.29 is 0 Å². The zero-order valence-corrected chi connectivity index (χ0v) is 14.5. The molecule has 112 valence electrons. The largest absolute Gasteiger partial charge is 0.310 e. The van der Waals surface area contributed by atoms with Crippen molar-refractivity contribution in [3.63, 3.8) is 0 Å². The van der Waals surface area contributed by atoms with Gasteiger partial charge in [-0.2, -0.15) is 0 Å². The summed E-state index contributed by atoms with van der Waals surface area (Å²) in [5, 5.41) is 4.69. The van der Waals surface area contributed by atoms with E-state index in [0.29, 0.717) is 16.1 Å². The normalized spacial score (nSPS) is 12.4. The van der Waals surface area contributed by atoms with Crippen molar-refractivity contribution >= 4 is 35.0 Å². The monoisotopic (exact) mass is 339 g/mol. The quantitative estimate of drug-likeness (QED) is 0.652. The average Bonchev–Trinajstić information content (AvgIpc) is 2.49. The Morgan fingerprint density at radius 3 is 2.48 bits per heavy atom. The van der Waals surface area contributed by atoms with Gasteiger partial charge in [-0.05, 0) is 42.8 Å². The average molecular weight is 340 g/mol. The molecule has 0 spiro atoms. The third-order valence-corrected chi connectivity index (χ3v) is 5.24. The lowest BCUT2D eigenvalue weighted by Crippen LogP contribution is -2.17. The predicted octanol–water partition coefficient (Wildman–Crippen LogP) is 5.96. The van der Waals surface area contributed by atoms with Gasteiger partial charge in [0.05, 0.1) is 10.0 Å². The van der Waals surface area contributed by atoms with Gasteiger partial charge >= 0.3 is 0 Å². The lowest BCUT2D eigenvalue weighted by molar-refractivity contribution is 0.598. The van der Waals surface area contributed by atoms with Crippen molar-refractivity contribution in [1.82, 2.24) is 5.32 Å².